The largest absolute Gasteiger partial charge is 0.390 e. The number of hydrogen-bond acceptors (Lipinski definition) is 4. The van der Waals surface area contributed by atoms with Crippen molar-refractivity contribution in [1.29, 1.82) is 0 Å². The van der Waals surface area contributed by atoms with Crippen LogP contribution in [0.5, 0.6) is 0 Å². The van der Waals surface area contributed by atoms with E-state index >= 15 is 0 Å². The number of sulfonamides is 1. The van der Waals surface area contributed by atoms with E-state index in [4.69, 9.17) is 0 Å². The molecule has 1 rings (SSSR count). The fraction of sp³-hybridized carbons (Fsp3) is 0.909. The van der Waals surface area contributed by atoms with Crippen LogP contribution in [0.25, 0.3) is 0 Å². The summed E-state index contributed by atoms with van der Waals surface area (Å²) >= 11 is 0. The molecule has 0 aromatic rings. The zero-order valence-electron chi connectivity index (χ0n) is 10.4. The number of carbonyl (C=O) groups excluding carboxylic acids is 1. The molecule has 0 aromatic heterocycles. The molecule has 1 fully saturated rings. The molecule has 0 amide bonds. The van der Waals surface area contributed by atoms with E-state index in [-0.39, 0.29) is 12.3 Å². The van der Waals surface area contributed by atoms with Crippen LogP contribution in [-0.4, -0.2) is 49.1 Å². The Morgan fingerprint density at radius 3 is 2.71 bits per heavy atom. The molecule has 0 radical (unpaired) electrons. The number of nitrogens with zero attached hydrogens (tertiary/aromatic N) is 1. The van der Waals surface area contributed by atoms with Crippen LogP contribution in [-0.2, 0) is 14.8 Å². The summed E-state index contributed by atoms with van der Waals surface area (Å²) in [7, 11) is -3.14. The van der Waals surface area contributed by atoms with Gasteiger partial charge >= 0.3 is 0 Å². The zero-order valence-corrected chi connectivity index (χ0v) is 11.2. The third-order valence-electron chi connectivity index (χ3n) is 3.20. The van der Waals surface area contributed by atoms with Crippen molar-refractivity contribution in [2.75, 3.05) is 19.3 Å². The van der Waals surface area contributed by atoms with E-state index in [0.29, 0.717) is 25.8 Å². The van der Waals surface area contributed by atoms with Gasteiger partial charge in [-0.1, -0.05) is 0 Å². The average Bonchev–Trinajstić information content (AvgIpc) is 2.15. The molecule has 0 saturated carbocycles. The Morgan fingerprint density at radius 1 is 1.53 bits per heavy atom. The number of carbonyl (C=O) groups is 1. The normalized spacial score (nSPS) is 26.4. The first-order valence-electron chi connectivity index (χ1n) is 5.86. The van der Waals surface area contributed by atoms with Gasteiger partial charge in [0.1, 0.15) is 6.29 Å². The predicted molar refractivity (Wildman–Crippen MR) is 65.1 cm³/mol. The van der Waals surface area contributed by atoms with Crippen LogP contribution in [0.4, 0.5) is 0 Å². The predicted octanol–water partition coefficient (Wildman–Crippen LogP) is 0.388. The second kappa shape index (κ2) is 5.46. The van der Waals surface area contributed by atoms with Crippen LogP contribution in [0.3, 0.4) is 0 Å². The summed E-state index contributed by atoms with van der Waals surface area (Å²) in [5.41, 5.74) is -1.02. The molecule has 5 nitrogen and oxygen atoms in total. The SMILES string of the molecule is CC(O)(CC=O)CC1CCCN(S(C)(=O)=O)C1. The Bertz CT molecular complexity index is 364. The van der Waals surface area contributed by atoms with Crippen LogP contribution in [0.1, 0.15) is 32.6 Å². The molecule has 0 aromatic carbocycles. The van der Waals surface area contributed by atoms with E-state index in [1.165, 1.54) is 10.6 Å². The molecule has 100 valence electrons. The van der Waals surface area contributed by atoms with Crippen molar-refractivity contribution in [3.05, 3.63) is 0 Å². The Balaban J connectivity index is 2.59. The highest BCUT2D eigenvalue weighted by molar-refractivity contribution is 7.88. The summed E-state index contributed by atoms with van der Waals surface area (Å²) in [5.74, 6) is 0.133. The van der Waals surface area contributed by atoms with Crippen LogP contribution in [0.15, 0.2) is 0 Å². The van der Waals surface area contributed by atoms with Gasteiger partial charge in [-0.15, -0.1) is 0 Å². The van der Waals surface area contributed by atoms with Crippen molar-refractivity contribution in [3.8, 4) is 0 Å². The first kappa shape index (κ1) is 14.6. The first-order chi connectivity index (χ1) is 7.74. The number of piperidine rings is 1. The van der Waals surface area contributed by atoms with Crippen LogP contribution < -0.4 is 0 Å². The Morgan fingerprint density at radius 2 is 2.18 bits per heavy atom. The molecule has 0 spiro atoms. The lowest BCUT2D eigenvalue weighted by atomic mass is 9.86. The molecule has 2 unspecified atom stereocenters. The van der Waals surface area contributed by atoms with Gasteiger partial charge in [-0.25, -0.2) is 12.7 Å². The van der Waals surface area contributed by atoms with E-state index in [1.54, 1.807) is 6.92 Å². The molecule has 1 saturated heterocycles. The Labute approximate surface area is 103 Å². The standard InChI is InChI=1S/C11H21NO4S/c1-11(14,5-7-13)8-10-4-3-6-12(9-10)17(2,15)16/h7,10,14H,3-6,8-9H2,1-2H3. The fourth-order valence-corrected chi connectivity index (χ4v) is 3.32. The minimum Gasteiger partial charge on any atom is -0.390 e. The van der Waals surface area contributed by atoms with Gasteiger partial charge in [-0.05, 0) is 32.1 Å². The van der Waals surface area contributed by atoms with Crippen molar-refractivity contribution in [2.45, 2.75) is 38.2 Å². The summed E-state index contributed by atoms with van der Waals surface area (Å²) in [5, 5.41) is 9.96. The summed E-state index contributed by atoms with van der Waals surface area (Å²) in [6.45, 7) is 2.64. The monoisotopic (exact) mass is 263 g/mol. The molecule has 17 heavy (non-hydrogen) atoms. The smallest absolute Gasteiger partial charge is 0.211 e. The van der Waals surface area contributed by atoms with Gasteiger partial charge in [-0.2, -0.15) is 0 Å². The summed E-state index contributed by atoms with van der Waals surface area (Å²) in [6, 6.07) is 0. The minimum absolute atomic E-state index is 0.0996. The van der Waals surface area contributed by atoms with E-state index in [9.17, 15) is 18.3 Å². The Kier molecular flexibility index (Phi) is 4.69. The van der Waals surface area contributed by atoms with Gasteiger partial charge in [0.15, 0.2) is 0 Å². The van der Waals surface area contributed by atoms with Gasteiger partial charge in [0.05, 0.1) is 11.9 Å². The maximum atomic E-state index is 11.4. The minimum atomic E-state index is -3.14. The van der Waals surface area contributed by atoms with E-state index in [2.05, 4.69) is 0 Å². The number of rotatable bonds is 5. The fourth-order valence-electron chi connectivity index (χ4n) is 2.38. The van der Waals surface area contributed by atoms with E-state index in [0.717, 1.165) is 12.8 Å². The second-order valence-electron chi connectivity index (χ2n) is 5.20. The zero-order chi connectivity index (χ0) is 13.1. The van der Waals surface area contributed by atoms with Crippen molar-refractivity contribution >= 4 is 16.3 Å². The summed E-state index contributed by atoms with van der Waals surface area (Å²) in [6.07, 6.45) is 4.20. The molecule has 1 N–H and O–H groups in total. The molecule has 6 heteroatoms. The molecular weight excluding hydrogens is 242 g/mol. The molecule has 0 aliphatic carbocycles. The van der Waals surface area contributed by atoms with E-state index < -0.39 is 15.6 Å². The number of hydrogen-bond donors (Lipinski definition) is 1. The van der Waals surface area contributed by atoms with Crippen LogP contribution >= 0.6 is 0 Å². The van der Waals surface area contributed by atoms with Gasteiger partial charge in [0, 0.05) is 19.5 Å². The summed E-state index contributed by atoms with van der Waals surface area (Å²) in [4.78, 5) is 10.4. The van der Waals surface area contributed by atoms with E-state index in [1.807, 2.05) is 0 Å². The topological polar surface area (TPSA) is 74.7 Å². The summed E-state index contributed by atoms with van der Waals surface area (Å²) < 4.78 is 24.3. The van der Waals surface area contributed by atoms with Gasteiger partial charge in [0.25, 0.3) is 0 Å². The van der Waals surface area contributed by atoms with Crippen molar-refractivity contribution in [2.24, 2.45) is 5.92 Å². The highest BCUT2D eigenvalue weighted by Gasteiger charge is 2.31. The maximum Gasteiger partial charge on any atom is 0.211 e. The molecule has 1 aliphatic rings. The van der Waals surface area contributed by atoms with Gasteiger partial charge in [-0.3, -0.25) is 0 Å². The maximum absolute atomic E-state index is 11.4. The van der Waals surface area contributed by atoms with Crippen LogP contribution in [0, 0.1) is 5.92 Å². The number of aldehydes is 1. The molecule has 0 bridgehead atoms. The Hall–Kier alpha value is -0.460. The lowest BCUT2D eigenvalue weighted by Gasteiger charge is -2.34. The number of aliphatic hydroxyl groups is 1. The highest BCUT2D eigenvalue weighted by atomic mass is 32.2. The van der Waals surface area contributed by atoms with Crippen molar-refractivity contribution in [1.82, 2.24) is 4.31 Å². The lowest BCUT2D eigenvalue weighted by molar-refractivity contribution is -0.112. The van der Waals surface area contributed by atoms with Gasteiger partial charge in [0.2, 0.25) is 10.0 Å². The highest BCUT2D eigenvalue weighted by Crippen LogP contribution is 2.27. The van der Waals surface area contributed by atoms with Crippen molar-refractivity contribution < 1.29 is 18.3 Å². The van der Waals surface area contributed by atoms with Crippen LogP contribution in [0.2, 0.25) is 0 Å². The molecule has 1 heterocycles. The molecule has 2 atom stereocenters. The van der Waals surface area contributed by atoms with Crippen molar-refractivity contribution in [3.63, 3.8) is 0 Å². The molecule has 1 aliphatic heterocycles. The lowest BCUT2D eigenvalue weighted by Crippen LogP contribution is -2.41. The molecular formula is C11H21NO4S. The quantitative estimate of drug-likeness (QED) is 0.728. The van der Waals surface area contributed by atoms with Gasteiger partial charge < -0.3 is 9.90 Å². The average molecular weight is 263 g/mol. The third kappa shape index (κ3) is 4.73. The first-order valence-corrected chi connectivity index (χ1v) is 7.70. The third-order valence-corrected chi connectivity index (χ3v) is 4.47. The second-order valence-corrected chi connectivity index (χ2v) is 7.18.